The van der Waals surface area contributed by atoms with Crippen LogP contribution in [-0.2, 0) is 0 Å². The van der Waals surface area contributed by atoms with Gasteiger partial charge in [-0.1, -0.05) is 92.7 Å². The van der Waals surface area contributed by atoms with E-state index in [0.717, 1.165) is 13.1 Å². The molecule has 2 heteroatoms. The monoisotopic (exact) mass is 406 g/mol. The average Bonchev–Trinajstić information content (AvgIpc) is 3.15. The van der Waals surface area contributed by atoms with Crippen molar-refractivity contribution >= 4 is 5.69 Å². The Morgan fingerprint density at radius 2 is 1.37 bits per heavy atom. The summed E-state index contributed by atoms with van der Waals surface area (Å²) >= 11 is 0. The Hall–Kier alpha value is -1.96. The second-order valence-electron chi connectivity index (χ2n) is 10.6. The van der Waals surface area contributed by atoms with Crippen molar-refractivity contribution in [3.8, 4) is 0 Å². The first-order valence-electron chi connectivity index (χ1n) is 11.8. The van der Waals surface area contributed by atoms with Gasteiger partial charge in [0.15, 0.2) is 0 Å². The van der Waals surface area contributed by atoms with Gasteiger partial charge in [0, 0.05) is 29.2 Å². The Bertz CT molecular complexity index is 827. The lowest BCUT2D eigenvalue weighted by molar-refractivity contribution is 0.213. The molecule has 1 aliphatic heterocycles. The van der Waals surface area contributed by atoms with Crippen LogP contribution in [0.5, 0.6) is 0 Å². The lowest BCUT2D eigenvalue weighted by Gasteiger charge is -2.44. The molecule has 1 aromatic rings. The molecule has 0 radical (unpaired) electrons. The molecule has 1 heterocycles. The molecule has 0 N–H and O–H groups in total. The Morgan fingerprint density at radius 1 is 0.800 bits per heavy atom. The van der Waals surface area contributed by atoms with Gasteiger partial charge in [-0.15, -0.1) is 0 Å². The number of allylic oxidation sites excluding steroid dienone is 4. The van der Waals surface area contributed by atoms with Crippen molar-refractivity contribution in [3.05, 3.63) is 65.1 Å². The largest absolute Gasteiger partial charge is 0.331 e. The van der Waals surface area contributed by atoms with Gasteiger partial charge in [0.2, 0.25) is 0 Å². The molecule has 164 valence electrons. The summed E-state index contributed by atoms with van der Waals surface area (Å²) in [6.45, 7) is 22.0. The Labute approximate surface area is 185 Å². The molecule has 3 rings (SSSR count). The Balaban J connectivity index is 2.05. The first kappa shape index (κ1) is 22.7. The van der Waals surface area contributed by atoms with Crippen LogP contribution in [0.1, 0.15) is 91.7 Å². The normalized spacial score (nSPS) is 22.0. The fraction of sp³-hybridized carbons (Fsp3) is 0.571. The molecular weight excluding hydrogens is 364 g/mol. The van der Waals surface area contributed by atoms with Gasteiger partial charge in [-0.3, -0.25) is 0 Å². The van der Waals surface area contributed by atoms with Crippen LogP contribution in [-0.4, -0.2) is 11.6 Å². The highest BCUT2D eigenvalue weighted by Gasteiger charge is 2.40. The first-order chi connectivity index (χ1) is 14.1. The molecule has 0 fully saturated rings. The van der Waals surface area contributed by atoms with Crippen LogP contribution in [0.25, 0.3) is 0 Å². The fourth-order valence-corrected chi connectivity index (χ4v) is 4.96. The molecule has 0 saturated carbocycles. The quantitative estimate of drug-likeness (QED) is 0.472. The molecule has 1 unspecified atom stereocenters. The van der Waals surface area contributed by atoms with E-state index < -0.39 is 0 Å². The number of nitrogens with zero attached hydrogens (tertiary/aromatic N) is 2. The maximum Gasteiger partial charge on any atom is 0.0986 e. The third kappa shape index (κ3) is 3.98. The molecule has 30 heavy (non-hydrogen) atoms. The van der Waals surface area contributed by atoms with Gasteiger partial charge in [-0.25, -0.2) is 0 Å². The number of rotatable bonds is 6. The van der Waals surface area contributed by atoms with Crippen molar-refractivity contribution in [1.29, 1.82) is 0 Å². The summed E-state index contributed by atoms with van der Waals surface area (Å²) < 4.78 is 0. The number of hydrogen-bond donors (Lipinski definition) is 0. The molecule has 1 atom stereocenters. The third-order valence-corrected chi connectivity index (χ3v) is 7.20. The van der Waals surface area contributed by atoms with Crippen LogP contribution in [0.2, 0.25) is 0 Å². The zero-order valence-corrected chi connectivity index (χ0v) is 20.7. The van der Waals surface area contributed by atoms with Crippen LogP contribution in [0, 0.1) is 17.3 Å². The maximum atomic E-state index is 2.53. The summed E-state index contributed by atoms with van der Waals surface area (Å²) in [6, 6.07) is 6.85. The van der Waals surface area contributed by atoms with Gasteiger partial charge >= 0.3 is 0 Å². The van der Waals surface area contributed by atoms with Crippen molar-refractivity contribution in [2.24, 2.45) is 17.3 Å². The lowest BCUT2D eigenvalue weighted by Crippen LogP contribution is -2.39. The van der Waals surface area contributed by atoms with E-state index >= 15 is 0 Å². The molecule has 1 aromatic carbocycles. The van der Waals surface area contributed by atoms with Crippen molar-refractivity contribution in [2.45, 2.75) is 80.6 Å². The molecular formula is C28H42N2. The van der Waals surface area contributed by atoms with Crippen LogP contribution in [0.3, 0.4) is 0 Å². The summed E-state index contributed by atoms with van der Waals surface area (Å²) in [4.78, 5) is 5.01. The van der Waals surface area contributed by atoms with E-state index in [1.807, 2.05) is 0 Å². The summed E-state index contributed by atoms with van der Waals surface area (Å²) in [5.41, 5.74) is 7.46. The third-order valence-electron chi connectivity index (χ3n) is 7.20. The summed E-state index contributed by atoms with van der Waals surface area (Å²) in [5.74, 6) is 2.12. The molecule has 0 aromatic heterocycles. The second-order valence-corrected chi connectivity index (χ2v) is 10.6. The molecule has 2 aliphatic rings. The first-order valence-corrected chi connectivity index (χ1v) is 11.8. The van der Waals surface area contributed by atoms with Crippen molar-refractivity contribution in [1.82, 2.24) is 4.90 Å². The Kier molecular flexibility index (Phi) is 6.55. The SMILES string of the molecule is CC(C)C1=C(N2C=CN(c3c(C(C)C)cccc3C(C)C)C2)C(C)(C(C)C)CC=C1. The zero-order chi connectivity index (χ0) is 22.2. The predicted molar refractivity (Wildman–Crippen MR) is 132 cm³/mol. The Morgan fingerprint density at radius 3 is 1.87 bits per heavy atom. The van der Waals surface area contributed by atoms with Crippen LogP contribution < -0.4 is 4.90 Å². The van der Waals surface area contributed by atoms with E-state index in [0.29, 0.717) is 23.7 Å². The highest BCUT2D eigenvalue weighted by Crippen LogP contribution is 2.48. The summed E-state index contributed by atoms with van der Waals surface area (Å²) in [6.07, 6.45) is 10.5. The minimum atomic E-state index is 0.160. The van der Waals surface area contributed by atoms with E-state index in [9.17, 15) is 0 Å². The number of para-hydroxylation sites is 1. The lowest BCUT2D eigenvalue weighted by atomic mass is 9.68. The molecule has 0 amide bonds. The second kappa shape index (κ2) is 8.65. The summed E-state index contributed by atoms with van der Waals surface area (Å²) in [7, 11) is 0. The predicted octanol–water partition coefficient (Wildman–Crippen LogP) is 8.02. The summed E-state index contributed by atoms with van der Waals surface area (Å²) in [5, 5.41) is 0. The van der Waals surface area contributed by atoms with Gasteiger partial charge in [-0.05, 0) is 46.8 Å². The number of hydrogen-bond acceptors (Lipinski definition) is 2. The highest BCUT2D eigenvalue weighted by atomic mass is 15.4. The fourth-order valence-electron chi connectivity index (χ4n) is 4.96. The van der Waals surface area contributed by atoms with Crippen LogP contribution in [0.15, 0.2) is 54.0 Å². The van der Waals surface area contributed by atoms with Gasteiger partial charge in [0.1, 0.15) is 0 Å². The molecule has 2 nitrogen and oxygen atoms in total. The average molecular weight is 407 g/mol. The van der Waals surface area contributed by atoms with Gasteiger partial charge in [-0.2, -0.15) is 0 Å². The topological polar surface area (TPSA) is 6.48 Å². The number of benzene rings is 1. The van der Waals surface area contributed by atoms with E-state index in [4.69, 9.17) is 0 Å². The van der Waals surface area contributed by atoms with Crippen molar-refractivity contribution < 1.29 is 0 Å². The zero-order valence-electron chi connectivity index (χ0n) is 20.7. The van der Waals surface area contributed by atoms with Gasteiger partial charge in [0.05, 0.1) is 6.67 Å². The number of anilines is 1. The van der Waals surface area contributed by atoms with Gasteiger partial charge < -0.3 is 9.80 Å². The minimum absolute atomic E-state index is 0.160. The smallest absolute Gasteiger partial charge is 0.0986 e. The maximum absolute atomic E-state index is 2.53. The highest BCUT2D eigenvalue weighted by molar-refractivity contribution is 5.64. The molecule has 0 saturated heterocycles. The van der Waals surface area contributed by atoms with E-state index in [1.54, 1.807) is 0 Å². The van der Waals surface area contributed by atoms with Gasteiger partial charge in [0.25, 0.3) is 0 Å². The molecule has 0 spiro atoms. The van der Waals surface area contributed by atoms with Crippen LogP contribution >= 0.6 is 0 Å². The van der Waals surface area contributed by atoms with Crippen molar-refractivity contribution in [2.75, 3.05) is 11.6 Å². The van der Waals surface area contributed by atoms with E-state index in [2.05, 4.69) is 115 Å². The van der Waals surface area contributed by atoms with E-state index in [-0.39, 0.29) is 5.41 Å². The molecule has 0 bridgehead atoms. The van der Waals surface area contributed by atoms with E-state index in [1.165, 1.54) is 28.1 Å². The standard InChI is InChI=1S/C28H42N2/c1-19(2)23-12-10-13-24(20(3)4)26(23)29-16-17-30(18-29)27-25(21(5)6)14-11-15-28(27,9)22(7)8/h10-14,16-17,19-22H,15,18H2,1-9H3. The minimum Gasteiger partial charge on any atom is -0.331 e. The van der Waals surface area contributed by atoms with Crippen molar-refractivity contribution in [3.63, 3.8) is 0 Å². The molecule has 1 aliphatic carbocycles. The van der Waals surface area contributed by atoms with Crippen LogP contribution in [0.4, 0.5) is 5.69 Å².